The number of aryl methyl sites for hydroxylation is 1. The lowest BCUT2D eigenvalue weighted by Crippen LogP contribution is -2.21. The van der Waals surface area contributed by atoms with Crippen molar-refractivity contribution >= 4 is 11.8 Å². The molecule has 0 saturated heterocycles. The number of hydrazine groups is 1. The van der Waals surface area contributed by atoms with Gasteiger partial charge in [0.1, 0.15) is 5.82 Å². The summed E-state index contributed by atoms with van der Waals surface area (Å²) in [5.41, 5.74) is 4.03. The first kappa shape index (κ1) is 10.7. The van der Waals surface area contributed by atoms with Gasteiger partial charge in [0.05, 0.1) is 0 Å². The Morgan fingerprint density at radius 2 is 2.07 bits per heavy atom. The van der Waals surface area contributed by atoms with Gasteiger partial charge >= 0.3 is 0 Å². The Morgan fingerprint density at radius 1 is 1.36 bits per heavy atom. The fraction of sp³-hybridized carbons (Fsp3) is 0.556. The van der Waals surface area contributed by atoms with Crippen molar-refractivity contribution < 1.29 is 0 Å². The summed E-state index contributed by atoms with van der Waals surface area (Å²) in [5, 5.41) is 4.93. The summed E-state index contributed by atoms with van der Waals surface area (Å²) in [6.07, 6.45) is 0. The van der Waals surface area contributed by atoms with E-state index in [1.54, 1.807) is 0 Å². The number of nitrogens with zero attached hydrogens (tertiary/aromatic N) is 3. The van der Waals surface area contributed by atoms with Gasteiger partial charge in [0.15, 0.2) is 0 Å². The van der Waals surface area contributed by atoms with Crippen molar-refractivity contribution in [1.82, 2.24) is 15.0 Å². The molecule has 1 aromatic heterocycles. The summed E-state index contributed by atoms with van der Waals surface area (Å²) in [6.45, 7) is 4.79. The zero-order valence-corrected chi connectivity index (χ0v) is 9.13. The number of anilines is 2. The molecule has 0 saturated carbocycles. The van der Waals surface area contributed by atoms with E-state index in [1.165, 1.54) is 0 Å². The predicted molar refractivity (Wildman–Crippen MR) is 58.2 cm³/mol. The molecule has 0 bridgehead atoms. The lowest BCUT2D eigenvalue weighted by atomic mass is 10.4. The molecule has 0 aliphatic carbocycles. The predicted octanol–water partition coefficient (Wildman–Crippen LogP) is 1.11. The van der Waals surface area contributed by atoms with Crippen LogP contribution in [0.25, 0.3) is 0 Å². The molecule has 0 atom stereocenters. The summed E-state index contributed by atoms with van der Waals surface area (Å²) < 4.78 is 0. The lowest BCUT2D eigenvalue weighted by Gasteiger charge is -2.13. The van der Waals surface area contributed by atoms with E-state index in [0.29, 0.717) is 5.95 Å². The molecule has 0 aliphatic heterocycles. The van der Waals surface area contributed by atoms with E-state index >= 15 is 0 Å². The third-order valence-corrected chi connectivity index (χ3v) is 1.53. The molecule has 78 valence electrons. The average Bonchev–Trinajstić information content (AvgIpc) is 2.01. The maximum atomic E-state index is 4.29. The molecule has 0 fully saturated rings. The van der Waals surface area contributed by atoms with Crippen LogP contribution in [0.15, 0.2) is 6.07 Å². The molecule has 1 aromatic rings. The van der Waals surface area contributed by atoms with Crippen LogP contribution in [0.5, 0.6) is 0 Å². The highest BCUT2D eigenvalue weighted by molar-refractivity contribution is 5.41. The second-order valence-electron chi connectivity index (χ2n) is 3.25. The average molecular weight is 195 g/mol. The number of hydrogen-bond donors (Lipinski definition) is 2. The number of aromatic nitrogens is 2. The van der Waals surface area contributed by atoms with Crippen LogP contribution in [0.3, 0.4) is 0 Å². The van der Waals surface area contributed by atoms with Crippen LogP contribution in [0, 0.1) is 6.92 Å². The molecule has 0 unspecified atom stereocenters. The number of hydrogen-bond acceptors (Lipinski definition) is 5. The van der Waals surface area contributed by atoms with Crippen molar-refractivity contribution in [2.75, 3.05) is 31.4 Å². The van der Waals surface area contributed by atoms with Crippen LogP contribution in [0.2, 0.25) is 0 Å². The topological polar surface area (TPSA) is 53.1 Å². The van der Waals surface area contributed by atoms with Crippen LogP contribution < -0.4 is 10.7 Å². The van der Waals surface area contributed by atoms with Crippen molar-refractivity contribution in [3.63, 3.8) is 0 Å². The standard InChI is InChI=1S/C9H17N5/c1-5-10-9-11-7(2)6-8(12-9)13-14(3)4/h6H,5H2,1-4H3,(H2,10,11,12,13). The summed E-state index contributed by atoms with van der Waals surface area (Å²) in [7, 11) is 3.84. The van der Waals surface area contributed by atoms with Crippen LogP contribution in [0.4, 0.5) is 11.8 Å². The lowest BCUT2D eigenvalue weighted by molar-refractivity contribution is 0.492. The molecule has 0 spiro atoms. The maximum absolute atomic E-state index is 4.29. The molecule has 5 nitrogen and oxygen atoms in total. The van der Waals surface area contributed by atoms with Gasteiger partial charge in [0.25, 0.3) is 0 Å². The van der Waals surface area contributed by atoms with E-state index in [9.17, 15) is 0 Å². The van der Waals surface area contributed by atoms with Gasteiger partial charge in [-0.15, -0.1) is 0 Å². The molecular formula is C9H17N5. The second kappa shape index (κ2) is 4.76. The highest BCUT2D eigenvalue weighted by atomic mass is 15.5. The van der Waals surface area contributed by atoms with Gasteiger partial charge in [-0.05, 0) is 13.8 Å². The third-order valence-electron chi connectivity index (χ3n) is 1.53. The largest absolute Gasteiger partial charge is 0.354 e. The zero-order chi connectivity index (χ0) is 10.6. The Morgan fingerprint density at radius 3 is 2.64 bits per heavy atom. The van der Waals surface area contributed by atoms with Crippen molar-refractivity contribution in [3.8, 4) is 0 Å². The van der Waals surface area contributed by atoms with Crippen LogP contribution in [-0.2, 0) is 0 Å². The summed E-state index contributed by atoms with van der Waals surface area (Å²) in [5.74, 6) is 1.47. The fourth-order valence-corrected chi connectivity index (χ4v) is 1.09. The van der Waals surface area contributed by atoms with E-state index in [2.05, 4.69) is 20.7 Å². The first-order valence-electron chi connectivity index (χ1n) is 4.65. The zero-order valence-electron chi connectivity index (χ0n) is 9.13. The third kappa shape index (κ3) is 3.18. The minimum Gasteiger partial charge on any atom is -0.354 e. The second-order valence-corrected chi connectivity index (χ2v) is 3.25. The molecule has 14 heavy (non-hydrogen) atoms. The first-order valence-corrected chi connectivity index (χ1v) is 4.65. The van der Waals surface area contributed by atoms with Gasteiger partial charge < -0.3 is 10.7 Å². The fourth-order valence-electron chi connectivity index (χ4n) is 1.09. The Balaban J connectivity index is 2.83. The normalized spacial score (nSPS) is 10.4. The Hall–Kier alpha value is -1.36. The van der Waals surface area contributed by atoms with E-state index < -0.39 is 0 Å². The molecule has 0 aromatic carbocycles. The van der Waals surface area contributed by atoms with E-state index in [1.807, 2.05) is 39.0 Å². The van der Waals surface area contributed by atoms with Gasteiger partial charge in [0.2, 0.25) is 5.95 Å². The van der Waals surface area contributed by atoms with E-state index in [-0.39, 0.29) is 0 Å². The van der Waals surface area contributed by atoms with Crippen LogP contribution in [-0.4, -0.2) is 35.6 Å². The smallest absolute Gasteiger partial charge is 0.224 e. The van der Waals surface area contributed by atoms with Gasteiger partial charge in [-0.2, -0.15) is 4.98 Å². The molecule has 5 heteroatoms. The van der Waals surface area contributed by atoms with Gasteiger partial charge in [-0.1, -0.05) is 0 Å². The Kier molecular flexibility index (Phi) is 3.64. The molecule has 1 rings (SSSR count). The van der Waals surface area contributed by atoms with Crippen LogP contribution in [0.1, 0.15) is 12.6 Å². The molecule has 1 heterocycles. The minimum atomic E-state index is 0.664. The van der Waals surface area contributed by atoms with Crippen molar-refractivity contribution in [2.24, 2.45) is 0 Å². The summed E-state index contributed by atoms with van der Waals surface area (Å²) in [4.78, 5) is 8.54. The monoisotopic (exact) mass is 195 g/mol. The van der Waals surface area contributed by atoms with Crippen molar-refractivity contribution in [1.29, 1.82) is 0 Å². The highest BCUT2D eigenvalue weighted by Gasteiger charge is 2.00. The van der Waals surface area contributed by atoms with E-state index in [4.69, 9.17) is 0 Å². The number of rotatable bonds is 4. The SMILES string of the molecule is CCNc1nc(C)cc(NN(C)C)n1. The van der Waals surface area contributed by atoms with Gasteiger partial charge in [-0.3, -0.25) is 0 Å². The van der Waals surface area contributed by atoms with E-state index in [0.717, 1.165) is 18.1 Å². The quantitative estimate of drug-likeness (QED) is 0.705. The Labute approximate surface area is 84.5 Å². The number of nitrogens with one attached hydrogen (secondary N) is 2. The maximum Gasteiger partial charge on any atom is 0.224 e. The molecule has 0 amide bonds. The molecule has 0 aliphatic rings. The van der Waals surface area contributed by atoms with Gasteiger partial charge in [0, 0.05) is 32.4 Å². The summed E-state index contributed by atoms with van der Waals surface area (Å²) >= 11 is 0. The molecule has 0 radical (unpaired) electrons. The van der Waals surface area contributed by atoms with Gasteiger partial charge in [-0.25, -0.2) is 9.99 Å². The molecule has 2 N–H and O–H groups in total. The minimum absolute atomic E-state index is 0.664. The van der Waals surface area contributed by atoms with Crippen molar-refractivity contribution in [2.45, 2.75) is 13.8 Å². The van der Waals surface area contributed by atoms with Crippen LogP contribution >= 0.6 is 0 Å². The summed E-state index contributed by atoms with van der Waals surface area (Å²) in [6, 6.07) is 1.90. The first-order chi connectivity index (χ1) is 6.61. The molecular weight excluding hydrogens is 178 g/mol. The van der Waals surface area contributed by atoms with Crippen molar-refractivity contribution in [3.05, 3.63) is 11.8 Å². The highest BCUT2D eigenvalue weighted by Crippen LogP contribution is 2.09. The Bertz CT molecular complexity index is 297.